The van der Waals surface area contributed by atoms with Crippen molar-refractivity contribution in [2.75, 3.05) is 0 Å². The molecule has 0 saturated heterocycles. The van der Waals surface area contributed by atoms with Crippen molar-refractivity contribution in [3.05, 3.63) is 40.9 Å². The van der Waals surface area contributed by atoms with Gasteiger partial charge in [-0.1, -0.05) is 47.6 Å². The predicted octanol–water partition coefficient (Wildman–Crippen LogP) is 5.19. The molecule has 0 N–H and O–H groups in total. The van der Waals surface area contributed by atoms with Crippen LogP contribution in [0.25, 0.3) is 6.08 Å². The number of hydrogen-bond acceptors (Lipinski definition) is 2. The van der Waals surface area contributed by atoms with E-state index in [-0.39, 0.29) is 5.12 Å². The van der Waals surface area contributed by atoms with Crippen LogP contribution in [0.2, 0.25) is 5.02 Å². The standard InChI is InChI=1S/C16H19ClOS/c1-12(18)19-16-10-6-14(7-11-16)3-2-13-4-8-15(17)9-5-13/h2-5,8-9,14,16H,6-7,10-11H2,1H3/b3-2+/t14-,16-. The minimum atomic E-state index is 0.250. The summed E-state index contributed by atoms with van der Waals surface area (Å²) < 4.78 is 0. The Morgan fingerprint density at radius 3 is 2.42 bits per heavy atom. The molecule has 1 aromatic rings. The number of halogens is 1. The first-order valence-electron chi connectivity index (χ1n) is 6.74. The molecule has 2 rings (SSSR count). The number of carbonyl (C=O) groups is 1. The third-order valence-electron chi connectivity index (χ3n) is 3.48. The Morgan fingerprint density at radius 2 is 1.84 bits per heavy atom. The second kappa shape index (κ2) is 7.16. The van der Waals surface area contributed by atoms with Crippen molar-refractivity contribution < 1.29 is 4.79 Å². The maximum absolute atomic E-state index is 11.1. The zero-order valence-electron chi connectivity index (χ0n) is 11.1. The molecule has 3 heteroatoms. The van der Waals surface area contributed by atoms with E-state index in [1.807, 2.05) is 24.3 Å². The fraction of sp³-hybridized carbons (Fsp3) is 0.438. The molecule has 0 aromatic heterocycles. The predicted molar refractivity (Wildman–Crippen MR) is 84.5 cm³/mol. The molecule has 19 heavy (non-hydrogen) atoms. The SMILES string of the molecule is CC(=O)S[C@H]1CC[C@H](/C=C/c2ccc(Cl)cc2)CC1. The van der Waals surface area contributed by atoms with Gasteiger partial charge in [-0.15, -0.1) is 0 Å². The van der Waals surface area contributed by atoms with Gasteiger partial charge < -0.3 is 0 Å². The van der Waals surface area contributed by atoms with Crippen molar-refractivity contribution in [3.63, 3.8) is 0 Å². The largest absolute Gasteiger partial charge is 0.288 e. The molecule has 0 radical (unpaired) electrons. The Balaban J connectivity index is 1.82. The van der Waals surface area contributed by atoms with Crippen LogP contribution in [0, 0.1) is 5.92 Å². The summed E-state index contributed by atoms with van der Waals surface area (Å²) in [5, 5.41) is 1.57. The maximum atomic E-state index is 11.1. The molecule has 1 saturated carbocycles. The van der Waals surface area contributed by atoms with Crippen LogP contribution in [0.4, 0.5) is 0 Å². The molecule has 1 fully saturated rings. The van der Waals surface area contributed by atoms with Crippen molar-refractivity contribution >= 4 is 34.6 Å². The third kappa shape index (κ3) is 5.04. The highest BCUT2D eigenvalue weighted by atomic mass is 35.5. The summed E-state index contributed by atoms with van der Waals surface area (Å²) in [6, 6.07) is 7.91. The van der Waals surface area contributed by atoms with Gasteiger partial charge in [0.1, 0.15) is 0 Å². The van der Waals surface area contributed by atoms with Gasteiger partial charge in [0.05, 0.1) is 0 Å². The smallest absolute Gasteiger partial charge is 0.186 e. The van der Waals surface area contributed by atoms with Gasteiger partial charge in [0.25, 0.3) is 0 Å². The lowest BCUT2D eigenvalue weighted by Crippen LogP contribution is -2.15. The molecule has 0 unspecified atom stereocenters. The van der Waals surface area contributed by atoms with Crippen molar-refractivity contribution in [3.8, 4) is 0 Å². The summed E-state index contributed by atoms with van der Waals surface area (Å²) in [7, 11) is 0. The monoisotopic (exact) mass is 294 g/mol. The molecule has 1 aromatic carbocycles. The maximum Gasteiger partial charge on any atom is 0.186 e. The zero-order valence-corrected chi connectivity index (χ0v) is 12.7. The van der Waals surface area contributed by atoms with Crippen LogP contribution in [0.1, 0.15) is 38.2 Å². The third-order valence-corrected chi connectivity index (χ3v) is 4.87. The van der Waals surface area contributed by atoms with Gasteiger partial charge in [-0.05, 0) is 49.3 Å². The van der Waals surface area contributed by atoms with Crippen molar-refractivity contribution in [2.24, 2.45) is 5.92 Å². The van der Waals surface area contributed by atoms with E-state index in [4.69, 9.17) is 11.6 Å². The molecule has 0 amide bonds. The van der Waals surface area contributed by atoms with Gasteiger partial charge in [0, 0.05) is 17.2 Å². The van der Waals surface area contributed by atoms with Gasteiger partial charge in [-0.3, -0.25) is 4.79 Å². The first kappa shape index (κ1) is 14.7. The van der Waals surface area contributed by atoms with Gasteiger partial charge in [-0.2, -0.15) is 0 Å². The molecule has 102 valence electrons. The summed E-state index contributed by atoms with van der Waals surface area (Å²) in [5.41, 5.74) is 1.20. The molecule has 1 aliphatic rings. The van der Waals surface area contributed by atoms with Crippen LogP contribution >= 0.6 is 23.4 Å². The van der Waals surface area contributed by atoms with Gasteiger partial charge in [0.2, 0.25) is 0 Å². The molecule has 0 spiro atoms. The van der Waals surface area contributed by atoms with E-state index in [1.54, 1.807) is 6.92 Å². The molecule has 0 atom stereocenters. The van der Waals surface area contributed by atoms with Gasteiger partial charge in [-0.25, -0.2) is 0 Å². The van der Waals surface area contributed by atoms with E-state index in [9.17, 15) is 4.79 Å². The van der Waals surface area contributed by atoms with Crippen molar-refractivity contribution in [1.82, 2.24) is 0 Å². The number of carbonyl (C=O) groups excluding carboxylic acids is 1. The number of thioether (sulfide) groups is 1. The second-order valence-electron chi connectivity index (χ2n) is 5.06. The van der Waals surface area contributed by atoms with E-state index in [2.05, 4.69) is 12.2 Å². The Morgan fingerprint density at radius 1 is 1.21 bits per heavy atom. The van der Waals surface area contributed by atoms with E-state index < -0.39 is 0 Å². The zero-order chi connectivity index (χ0) is 13.7. The lowest BCUT2D eigenvalue weighted by atomic mass is 9.88. The summed E-state index contributed by atoms with van der Waals surface area (Å²) in [6.45, 7) is 1.66. The van der Waals surface area contributed by atoms with Crippen LogP contribution in [0.5, 0.6) is 0 Å². The minimum absolute atomic E-state index is 0.250. The summed E-state index contributed by atoms with van der Waals surface area (Å²) in [4.78, 5) is 11.1. The molecule has 1 nitrogen and oxygen atoms in total. The van der Waals surface area contributed by atoms with E-state index >= 15 is 0 Å². The molecular weight excluding hydrogens is 276 g/mol. The Kier molecular flexibility index (Phi) is 5.53. The highest BCUT2D eigenvalue weighted by Crippen LogP contribution is 2.33. The topological polar surface area (TPSA) is 17.1 Å². The van der Waals surface area contributed by atoms with Gasteiger partial charge >= 0.3 is 0 Å². The lowest BCUT2D eigenvalue weighted by Gasteiger charge is -2.25. The van der Waals surface area contributed by atoms with Crippen LogP contribution in [-0.4, -0.2) is 10.4 Å². The highest BCUT2D eigenvalue weighted by Gasteiger charge is 2.20. The minimum Gasteiger partial charge on any atom is -0.288 e. The summed E-state index contributed by atoms with van der Waals surface area (Å²) >= 11 is 7.38. The number of allylic oxidation sites excluding steroid dienone is 1. The summed E-state index contributed by atoms with van der Waals surface area (Å²) in [5.74, 6) is 0.652. The van der Waals surface area contributed by atoms with Crippen LogP contribution < -0.4 is 0 Å². The number of benzene rings is 1. The van der Waals surface area contributed by atoms with E-state index in [0.717, 1.165) is 17.9 Å². The van der Waals surface area contributed by atoms with Crippen LogP contribution in [0.3, 0.4) is 0 Å². The molecule has 0 heterocycles. The summed E-state index contributed by atoms with van der Waals surface area (Å²) in [6.07, 6.45) is 9.17. The van der Waals surface area contributed by atoms with Gasteiger partial charge in [0.15, 0.2) is 5.12 Å². The molecule has 0 bridgehead atoms. The lowest BCUT2D eigenvalue weighted by molar-refractivity contribution is -0.109. The number of rotatable bonds is 3. The normalized spacial score (nSPS) is 23.7. The highest BCUT2D eigenvalue weighted by molar-refractivity contribution is 8.14. The fourth-order valence-corrected chi connectivity index (χ4v) is 3.56. The quantitative estimate of drug-likeness (QED) is 0.763. The second-order valence-corrected chi connectivity index (χ2v) is 6.97. The van der Waals surface area contributed by atoms with Crippen molar-refractivity contribution in [2.45, 2.75) is 37.9 Å². The molecular formula is C16H19ClOS. The average molecular weight is 295 g/mol. The first-order valence-corrected chi connectivity index (χ1v) is 8.00. The Bertz CT molecular complexity index is 444. The van der Waals surface area contributed by atoms with Crippen LogP contribution in [0.15, 0.2) is 30.3 Å². The van der Waals surface area contributed by atoms with E-state index in [0.29, 0.717) is 11.2 Å². The molecule has 0 aliphatic heterocycles. The van der Waals surface area contributed by atoms with Crippen molar-refractivity contribution in [1.29, 1.82) is 0 Å². The van der Waals surface area contributed by atoms with E-state index in [1.165, 1.54) is 30.2 Å². The molecule has 1 aliphatic carbocycles. The first-order chi connectivity index (χ1) is 9.13. The van der Waals surface area contributed by atoms with Crippen LogP contribution in [-0.2, 0) is 4.79 Å². The number of hydrogen-bond donors (Lipinski definition) is 0. The average Bonchev–Trinajstić information content (AvgIpc) is 2.39. The Hall–Kier alpha value is -0.730. The fourth-order valence-electron chi connectivity index (χ4n) is 2.45. The Labute approximate surface area is 124 Å².